The fourth-order valence-corrected chi connectivity index (χ4v) is 3.24. The number of carbonyl (C=O) groups is 1. The second-order valence-corrected chi connectivity index (χ2v) is 6.90. The second-order valence-electron chi connectivity index (χ2n) is 5.72. The van der Waals surface area contributed by atoms with Gasteiger partial charge in [-0.05, 0) is 24.5 Å². The molecule has 0 fully saturated rings. The van der Waals surface area contributed by atoms with Gasteiger partial charge in [0.25, 0.3) is 5.91 Å². The number of rotatable bonds is 7. The van der Waals surface area contributed by atoms with E-state index >= 15 is 0 Å². The maximum atomic E-state index is 12.9. The summed E-state index contributed by atoms with van der Waals surface area (Å²) < 4.78 is 10.8. The Morgan fingerprint density at radius 3 is 2.67 bits per heavy atom. The van der Waals surface area contributed by atoms with Gasteiger partial charge in [0.05, 0.1) is 19.8 Å². The van der Waals surface area contributed by atoms with E-state index in [0.29, 0.717) is 24.4 Å². The van der Waals surface area contributed by atoms with Gasteiger partial charge in [-0.1, -0.05) is 40.6 Å². The molecule has 1 unspecified atom stereocenters. The number of aryl methyl sites for hydroxylation is 1. The highest BCUT2D eigenvalue weighted by Gasteiger charge is 2.25. The first-order valence-corrected chi connectivity index (χ1v) is 8.94. The summed E-state index contributed by atoms with van der Waals surface area (Å²) in [4.78, 5) is 15.0. The van der Waals surface area contributed by atoms with E-state index in [-0.39, 0.29) is 10.7 Å². The van der Waals surface area contributed by atoms with Crippen LogP contribution in [0.1, 0.15) is 29.3 Å². The van der Waals surface area contributed by atoms with Crippen LogP contribution in [0.2, 0.25) is 0 Å². The van der Waals surface area contributed by atoms with E-state index in [1.807, 2.05) is 24.0 Å². The van der Waals surface area contributed by atoms with Crippen molar-refractivity contribution in [3.63, 3.8) is 0 Å². The number of amides is 1. The van der Waals surface area contributed by atoms with Crippen LogP contribution in [0, 0.1) is 0 Å². The summed E-state index contributed by atoms with van der Waals surface area (Å²) in [6, 6.07) is 3.68. The zero-order valence-corrected chi connectivity index (χ0v) is 16.1. The van der Waals surface area contributed by atoms with Gasteiger partial charge in [-0.15, -0.1) is 6.58 Å². The third kappa shape index (κ3) is 4.01. The molecule has 130 valence electrons. The number of halogens is 1. The second kappa shape index (κ2) is 8.38. The Balaban J connectivity index is 2.20. The number of hydrogen-bond acceptors (Lipinski definition) is 3. The fourth-order valence-electron chi connectivity index (χ4n) is 2.83. The number of nitrogens with zero attached hydrogens (tertiary/aromatic N) is 1. The predicted octanol–water partition coefficient (Wildman–Crippen LogP) is 3.99. The number of hydrogen-bond donors (Lipinski definition) is 0. The zero-order valence-electron chi connectivity index (χ0n) is 14.5. The molecule has 0 N–H and O–H groups in total. The predicted molar refractivity (Wildman–Crippen MR) is 100 cm³/mol. The molecule has 4 nitrogen and oxygen atoms in total. The molecule has 0 bridgehead atoms. The summed E-state index contributed by atoms with van der Waals surface area (Å²) in [6.45, 7) is 7.09. The van der Waals surface area contributed by atoms with E-state index in [4.69, 9.17) is 9.47 Å². The molecule has 0 radical (unpaired) electrons. The van der Waals surface area contributed by atoms with Crippen LogP contribution in [-0.2, 0) is 6.42 Å². The van der Waals surface area contributed by atoms with Gasteiger partial charge in [0.2, 0.25) is 0 Å². The third-order valence-corrected chi connectivity index (χ3v) is 4.91. The average molecular weight is 394 g/mol. The van der Waals surface area contributed by atoms with Gasteiger partial charge in [0.15, 0.2) is 0 Å². The minimum atomic E-state index is -0.0137. The van der Waals surface area contributed by atoms with Crippen LogP contribution in [0.3, 0.4) is 0 Å². The summed E-state index contributed by atoms with van der Waals surface area (Å²) in [5, 5.41) is 0. The van der Waals surface area contributed by atoms with Crippen LogP contribution >= 0.6 is 15.9 Å². The molecular weight excluding hydrogens is 370 g/mol. The monoisotopic (exact) mass is 393 g/mol. The lowest BCUT2D eigenvalue weighted by Crippen LogP contribution is -2.29. The number of benzene rings is 1. The molecule has 24 heavy (non-hydrogen) atoms. The van der Waals surface area contributed by atoms with Gasteiger partial charge in [-0.3, -0.25) is 4.79 Å². The van der Waals surface area contributed by atoms with E-state index in [1.165, 1.54) is 5.57 Å². The van der Waals surface area contributed by atoms with Crippen molar-refractivity contribution in [2.45, 2.75) is 24.6 Å². The molecule has 0 saturated heterocycles. The molecule has 0 aromatic heterocycles. The number of allylic oxidation sites excluding steroid dienone is 1. The highest BCUT2D eigenvalue weighted by Crippen LogP contribution is 2.31. The summed E-state index contributed by atoms with van der Waals surface area (Å²) in [5.74, 6) is 1.28. The molecule has 1 aromatic rings. The largest absolute Gasteiger partial charge is 0.496 e. The van der Waals surface area contributed by atoms with Gasteiger partial charge < -0.3 is 14.4 Å². The molecule has 1 aliphatic rings. The Labute approximate surface area is 152 Å². The summed E-state index contributed by atoms with van der Waals surface area (Å²) >= 11 is 3.55. The van der Waals surface area contributed by atoms with Crippen molar-refractivity contribution in [2.75, 3.05) is 27.3 Å². The Hall–Kier alpha value is -1.75. The molecule has 1 amide bonds. The van der Waals surface area contributed by atoms with Crippen LogP contribution in [-0.4, -0.2) is 42.9 Å². The van der Waals surface area contributed by atoms with E-state index in [0.717, 1.165) is 24.2 Å². The van der Waals surface area contributed by atoms with Crippen molar-refractivity contribution in [3.8, 4) is 11.5 Å². The molecule has 2 rings (SSSR count). The molecule has 0 saturated carbocycles. The van der Waals surface area contributed by atoms with E-state index in [9.17, 15) is 4.79 Å². The van der Waals surface area contributed by atoms with Crippen molar-refractivity contribution in [3.05, 3.63) is 47.6 Å². The summed E-state index contributed by atoms with van der Waals surface area (Å²) in [5.41, 5.74) is 2.83. The Bertz CT molecular complexity index is 654. The normalized spacial score (nSPS) is 15.0. The quantitative estimate of drug-likeness (QED) is 0.519. The van der Waals surface area contributed by atoms with E-state index in [1.54, 1.807) is 20.3 Å². The lowest BCUT2D eigenvalue weighted by atomic mass is 10.0. The van der Waals surface area contributed by atoms with Crippen molar-refractivity contribution in [1.29, 1.82) is 0 Å². The number of methoxy groups -OCH3 is 2. The minimum absolute atomic E-state index is 0.0137. The van der Waals surface area contributed by atoms with E-state index < -0.39 is 0 Å². The number of alkyl halides is 1. The zero-order chi connectivity index (χ0) is 17.7. The smallest absolute Gasteiger partial charge is 0.258 e. The summed E-state index contributed by atoms with van der Waals surface area (Å²) in [7, 11) is 3.20. The SMILES string of the molecule is C=CC(Br)CC1=CCN(C(=O)c2cc(CC)c(OC)cc2OC)C1. The van der Waals surface area contributed by atoms with Gasteiger partial charge in [0, 0.05) is 24.0 Å². The third-order valence-electron chi connectivity index (χ3n) is 4.21. The maximum Gasteiger partial charge on any atom is 0.258 e. The minimum Gasteiger partial charge on any atom is -0.496 e. The van der Waals surface area contributed by atoms with Crippen molar-refractivity contribution < 1.29 is 14.3 Å². The molecule has 1 atom stereocenters. The highest BCUT2D eigenvalue weighted by atomic mass is 79.9. The van der Waals surface area contributed by atoms with E-state index in [2.05, 4.69) is 28.6 Å². The molecule has 5 heteroatoms. The lowest BCUT2D eigenvalue weighted by molar-refractivity contribution is 0.0794. The topological polar surface area (TPSA) is 38.8 Å². The van der Waals surface area contributed by atoms with Crippen LogP contribution in [0.15, 0.2) is 36.4 Å². The van der Waals surface area contributed by atoms with Gasteiger partial charge in [0.1, 0.15) is 11.5 Å². The van der Waals surface area contributed by atoms with Crippen molar-refractivity contribution in [2.24, 2.45) is 0 Å². The van der Waals surface area contributed by atoms with Crippen LogP contribution in [0.4, 0.5) is 0 Å². The molecule has 0 aliphatic carbocycles. The molecule has 1 aromatic carbocycles. The number of ether oxygens (including phenoxy) is 2. The van der Waals surface area contributed by atoms with Crippen LogP contribution in [0.25, 0.3) is 0 Å². The van der Waals surface area contributed by atoms with Gasteiger partial charge >= 0.3 is 0 Å². The van der Waals surface area contributed by atoms with Crippen LogP contribution in [0.5, 0.6) is 11.5 Å². The number of carbonyl (C=O) groups excluding carboxylic acids is 1. The molecule has 1 aliphatic heterocycles. The molecule has 0 spiro atoms. The summed E-state index contributed by atoms with van der Waals surface area (Å²) in [6.07, 6.45) is 5.65. The van der Waals surface area contributed by atoms with Gasteiger partial charge in [-0.2, -0.15) is 0 Å². The lowest BCUT2D eigenvalue weighted by Gasteiger charge is -2.20. The van der Waals surface area contributed by atoms with Crippen LogP contribution < -0.4 is 9.47 Å². The van der Waals surface area contributed by atoms with Crippen molar-refractivity contribution >= 4 is 21.8 Å². The van der Waals surface area contributed by atoms with Gasteiger partial charge in [-0.25, -0.2) is 0 Å². The highest BCUT2D eigenvalue weighted by molar-refractivity contribution is 9.09. The molecule has 1 heterocycles. The fraction of sp³-hybridized carbons (Fsp3) is 0.421. The Morgan fingerprint density at radius 1 is 1.38 bits per heavy atom. The molecular formula is C19H24BrNO3. The van der Waals surface area contributed by atoms with Crippen molar-refractivity contribution in [1.82, 2.24) is 4.90 Å². The maximum absolute atomic E-state index is 12.9. The Morgan fingerprint density at radius 2 is 2.08 bits per heavy atom. The average Bonchev–Trinajstić information content (AvgIpc) is 3.07. The first-order valence-electron chi connectivity index (χ1n) is 8.02. The first-order chi connectivity index (χ1) is 11.5. The Kier molecular flexibility index (Phi) is 6.49. The standard InChI is InChI=1S/C19H24BrNO3/c1-5-14-10-16(18(24-4)11-17(14)23-3)19(22)21-8-7-13(12-21)9-15(20)6-2/h6-7,10-11,15H,2,5,8-9,12H2,1,3-4H3. The first kappa shape index (κ1) is 18.6.